The summed E-state index contributed by atoms with van der Waals surface area (Å²) in [6.45, 7) is 2.64. The molecule has 6 heteroatoms. The molecule has 0 aromatic rings. The average molecular weight is 202 g/mol. The van der Waals surface area contributed by atoms with Crippen LogP contribution in [0.15, 0.2) is 0 Å². The van der Waals surface area contributed by atoms with Gasteiger partial charge in [-0.2, -0.15) is 0 Å². The summed E-state index contributed by atoms with van der Waals surface area (Å²) in [5, 5.41) is 0. The van der Waals surface area contributed by atoms with Gasteiger partial charge in [0.1, 0.15) is 0 Å². The van der Waals surface area contributed by atoms with Crippen molar-refractivity contribution in [3.63, 3.8) is 0 Å². The standard InChI is InChI=1S/C6H12F2O3S/c1-3-6(7,8)4-5(2)11-12(9)10/h5,12H,3-4H2,1-2H3. The normalized spacial score (nSPS) is 15.1. The molecule has 0 aliphatic carbocycles. The van der Waals surface area contributed by atoms with Gasteiger partial charge in [-0.25, -0.2) is 17.2 Å². The van der Waals surface area contributed by atoms with E-state index in [0.29, 0.717) is 0 Å². The summed E-state index contributed by atoms with van der Waals surface area (Å²) in [4.78, 5) is 0. The first-order valence-corrected chi connectivity index (χ1v) is 4.66. The summed E-state index contributed by atoms with van der Waals surface area (Å²) < 4.78 is 49.2. The van der Waals surface area contributed by atoms with Gasteiger partial charge >= 0.3 is 0 Å². The fraction of sp³-hybridized carbons (Fsp3) is 1.00. The molecule has 0 saturated heterocycles. The molecule has 0 bridgehead atoms. The first kappa shape index (κ1) is 11.8. The van der Waals surface area contributed by atoms with Gasteiger partial charge in [-0.15, -0.1) is 0 Å². The van der Waals surface area contributed by atoms with Crippen LogP contribution in [0.2, 0.25) is 0 Å². The van der Waals surface area contributed by atoms with Crippen molar-refractivity contribution >= 4 is 11.0 Å². The van der Waals surface area contributed by atoms with Gasteiger partial charge in [0.15, 0.2) is 0 Å². The minimum Gasteiger partial charge on any atom is -0.269 e. The van der Waals surface area contributed by atoms with Crippen LogP contribution in [-0.4, -0.2) is 20.4 Å². The van der Waals surface area contributed by atoms with Crippen LogP contribution in [0.4, 0.5) is 8.78 Å². The number of thiol groups is 1. The maximum Gasteiger partial charge on any atom is 0.257 e. The molecule has 0 aliphatic heterocycles. The van der Waals surface area contributed by atoms with Crippen LogP contribution < -0.4 is 0 Å². The zero-order chi connectivity index (χ0) is 9.78. The lowest BCUT2D eigenvalue weighted by Crippen LogP contribution is -2.22. The highest BCUT2D eigenvalue weighted by Crippen LogP contribution is 2.24. The van der Waals surface area contributed by atoms with E-state index in [2.05, 4.69) is 4.18 Å². The zero-order valence-electron chi connectivity index (χ0n) is 6.92. The maximum absolute atomic E-state index is 12.6. The molecule has 0 saturated carbocycles. The largest absolute Gasteiger partial charge is 0.269 e. The Morgan fingerprint density at radius 1 is 1.50 bits per heavy atom. The minimum absolute atomic E-state index is 0.309. The number of halogens is 2. The van der Waals surface area contributed by atoms with Crippen LogP contribution >= 0.6 is 0 Å². The van der Waals surface area contributed by atoms with E-state index < -0.39 is 29.4 Å². The van der Waals surface area contributed by atoms with Crippen LogP contribution in [0.5, 0.6) is 0 Å². The summed E-state index contributed by atoms with van der Waals surface area (Å²) in [7, 11) is -3.03. The fourth-order valence-electron chi connectivity index (χ4n) is 0.749. The number of alkyl halides is 2. The lowest BCUT2D eigenvalue weighted by atomic mass is 10.1. The van der Waals surface area contributed by atoms with Crippen molar-refractivity contribution in [1.82, 2.24) is 0 Å². The Morgan fingerprint density at radius 2 is 2.00 bits per heavy atom. The van der Waals surface area contributed by atoms with Crippen molar-refractivity contribution in [3.05, 3.63) is 0 Å². The van der Waals surface area contributed by atoms with Crippen molar-refractivity contribution < 1.29 is 21.4 Å². The van der Waals surface area contributed by atoms with Crippen LogP contribution in [0.1, 0.15) is 26.7 Å². The van der Waals surface area contributed by atoms with Crippen molar-refractivity contribution in [2.45, 2.75) is 38.7 Å². The van der Waals surface area contributed by atoms with Crippen LogP contribution in [0.25, 0.3) is 0 Å². The quantitative estimate of drug-likeness (QED) is 0.684. The Kier molecular flexibility index (Phi) is 4.62. The molecular formula is C6H12F2O3S. The van der Waals surface area contributed by atoms with Crippen LogP contribution in [0, 0.1) is 0 Å². The van der Waals surface area contributed by atoms with Gasteiger partial charge in [-0.1, -0.05) is 6.92 Å². The third kappa shape index (κ3) is 5.42. The lowest BCUT2D eigenvalue weighted by Gasteiger charge is -2.16. The molecule has 1 atom stereocenters. The Balaban J connectivity index is 3.91. The first-order chi connectivity index (χ1) is 5.37. The first-order valence-electron chi connectivity index (χ1n) is 3.56. The third-order valence-corrected chi connectivity index (χ3v) is 1.90. The predicted molar refractivity (Wildman–Crippen MR) is 40.7 cm³/mol. The monoisotopic (exact) mass is 202 g/mol. The topological polar surface area (TPSA) is 43.4 Å². The van der Waals surface area contributed by atoms with E-state index in [1.54, 1.807) is 0 Å². The van der Waals surface area contributed by atoms with Crippen molar-refractivity contribution in [3.8, 4) is 0 Å². The van der Waals surface area contributed by atoms with E-state index in [9.17, 15) is 17.2 Å². The third-order valence-electron chi connectivity index (χ3n) is 1.37. The molecule has 0 aliphatic rings. The Hall–Kier alpha value is -0.230. The Morgan fingerprint density at radius 3 is 2.33 bits per heavy atom. The molecule has 1 unspecified atom stereocenters. The smallest absolute Gasteiger partial charge is 0.257 e. The van der Waals surface area contributed by atoms with Crippen molar-refractivity contribution in [2.75, 3.05) is 0 Å². The van der Waals surface area contributed by atoms with Gasteiger partial charge in [0.05, 0.1) is 6.10 Å². The van der Waals surface area contributed by atoms with E-state index >= 15 is 0 Å². The molecule has 0 aromatic carbocycles. The van der Waals surface area contributed by atoms with E-state index in [-0.39, 0.29) is 6.42 Å². The van der Waals surface area contributed by atoms with Crippen molar-refractivity contribution in [1.29, 1.82) is 0 Å². The summed E-state index contributed by atoms with van der Waals surface area (Å²) in [5.41, 5.74) is 0. The average Bonchev–Trinajstić information content (AvgIpc) is 1.84. The van der Waals surface area contributed by atoms with E-state index in [4.69, 9.17) is 0 Å². The number of hydrogen-bond donors (Lipinski definition) is 1. The van der Waals surface area contributed by atoms with Gasteiger partial charge < -0.3 is 0 Å². The molecule has 0 amide bonds. The molecule has 0 heterocycles. The lowest BCUT2D eigenvalue weighted by molar-refractivity contribution is -0.0361. The molecule has 12 heavy (non-hydrogen) atoms. The van der Waals surface area contributed by atoms with Gasteiger partial charge in [0.25, 0.3) is 11.0 Å². The number of hydrogen-bond acceptors (Lipinski definition) is 3. The second-order valence-electron chi connectivity index (χ2n) is 2.55. The van der Waals surface area contributed by atoms with E-state index in [0.717, 1.165) is 0 Å². The highest BCUT2D eigenvalue weighted by molar-refractivity contribution is 7.67. The van der Waals surface area contributed by atoms with Gasteiger partial charge in [0, 0.05) is 12.8 Å². The van der Waals surface area contributed by atoms with E-state index in [1.807, 2.05) is 0 Å². The summed E-state index contributed by atoms with van der Waals surface area (Å²) >= 11 is 0. The Labute approximate surface area is 71.9 Å². The molecule has 74 valence electrons. The summed E-state index contributed by atoms with van der Waals surface area (Å²) in [6, 6.07) is 0. The highest BCUT2D eigenvalue weighted by Gasteiger charge is 2.29. The second-order valence-corrected chi connectivity index (χ2v) is 3.21. The Bertz CT molecular complexity index is 195. The summed E-state index contributed by atoms with van der Waals surface area (Å²) in [5.74, 6) is -2.84. The van der Waals surface area contributed by atoms with Gasteiger partial charge in [-0.3, -0.25) is 4.18 Å². The molecule has 0 rings (SSSR count). The van der Waals surface area contributed by atoms with Gasteiger partial charge in [0.2, 0.25) is 5.92 Å². The maximum atomic E-state index is 12.6. The molecule has 0 N–H and O–H groups in total. The van der Waals surface area contributed by atoms with Crippen LogP contribution in [-0.2, 0) is 15.2 Å². The number of rotatable bonds is 5. The molecule has 0 fully saturated rings. The SMILES string of the molecule is CCC(F)(F)CC(C)O[SH](=O)=O. The molecule has 0 aromatic heterocycles. The molecule has 3 nitrogen and oxygen atoms in total. The minimum atomic E-state index is -3.03. The van der Waals surface area contributed by atoms with Gasteiger partial charge in [-0.05, 0) is 6.92 Å². The molecule has 0 radical (unpaired) electrons. The van der Waals surface area contributed by atoms with Crippen molar-refractivity contribution in [2.24, 2.45) is 0 Å². The summed E-state index contributed by atoms with van der Waals surface area (Å²) in [6.07, 6.45) is -1.83. The highest BCUT2D eigenvalue weighted by atomic mass is 32.2. The van der Waals surface area contributed by atoms with Crippen LogP contribution in [0.3, 0.4) is 0 Å². The molecule has 0 spiro atoms. The second kappa shape index (κ2) is 4.71. The zero-order valence-corrected chi connectivity index (χ0v) is 7.81. The molecular weight excluding hydrogens is 190 g/mol. The van der Waals surface area contributed by atoms with E-state index in [1.165, 1.54) is 13.8 Å². The predicted octanol–water partition coefficient (Wildman–Crippen LogP) is 1.35. The fourth-order valence-corrected chi connectivity index (χ4v) is 1.12.